The van der Waals surface area contributed by atoms with E-state index in [1.54, 1.807) is 19.3 Å². The number of amides is 1. The molecule has 2 aromatic heterocycles. The van der Waals surface area contributed by atoms with Crippen LogP contribution in [0.4, 0.5) is 10.7 Å². The molecule has 0 aliphatic heterocycles. The second-order valence-corrected chi connectivity index (χ2v) is 4.29. The summed E-state index contributed by atoms with van der Waals surface area (Å²) in [5.74, 6) is 0.352. The third kappa shape index (κ3) is 2.81. The number of hydrogen-bond acceptors (Lipinski definition) is 5. The second-order valence-electron chi connectivity index (χ2n) is 4.29. The molecule has 2 heterocycles. The van der Waals surface area contributed by atoms with E-state index < -0.39 is 6.09 Å². The number of nitrogens with zero attached hydrogens (tertiary/aromatic N) is 3. The van der Waals surface area contributed by atoms with E-state index in [0.717, 1.165) is 22.2 Å². The highest BCUT2D eigenvalue weighted by Crippen LogP contribution is 2.23. The summed E-state index contributed by atoms with van der Waals surface area (Å²) in [6.45, 7) is 2.05. The fraction of sp³-hybridized carbons (Fsp3) is 0.143. The molecule has 3 aromatic rings. The highest BCUT2D eigenvalue weighted by atomic mass is 16.5. The number of anilines is 1. The van der Waals surface area contributed by atoms with Crippen LogP contribution in [0.25, 0.3) is 22.2 Å². The Bertz CT molecular complexity index is 769. The fourth-order valence-electron chi connectivity index (χ4n) is 1.96. The SMILES string of the molecule is CCOC(=O)Nc1nc2cc(-c3cncnc3)ccc2[nH]1. The van der Waals surface area contributed by atoms with Gasteiger partial charge in [-0.2, -0.15) is 0 Å². The summed E-state index contributed by atoms with van der Waals surface area (Å²) >= 11 is 0. The Hall–Kier alpha value is -2.96. The van der Waals surface area contributed by atoms with Gasteiger partial charge in [0.1, 0.15) is 6.33 Å². The van der Waals surface area contributed by atoms with E-state index in [9.17, 15) is 4.79 Å². The van der Waals surface area contributed by atoms with Crippen LogP contribution >= 0.6 is 0 Å². The van der Waals surface area contributed by atoms with Gasteiger partial charge < -0.3 is 9.72 Å². The zero-order valence-electron chi connectivity index (χ0n) is 11.3. The Morgan fingerprint density at radius 1 is 1.29 bits per heavy atom. The molecule has 0 radical (unpaired) electrons. The van der Waals surface area contributed by atoms with Crippen LogP contribution in [-0.2, 0) is 4.74 Å². The van der Waals surface area contributed by atoms with Gasteiger partial charge in [-0.3, -0.25) is 5.32 Å². The predicted octanol–water partition coefficient (Wildman–Crippen LogP) is 2.59. The summed E-state index contributed by atoms with van der Waals surface area (Å²) in [6.07, 6.45) is 4.42. The van der Waals surface area contributed by atoms with Crippen LogP contribution in [0, 0.1) is 0 Å². The molecule has 1 amide bonds. The van der Waals surface area contributed by atoms with E-state index in [1.807, 2.05) is 18.2 Å². The number of aromatic nitrogens is 4. The van der Waals surface area contributed by atoms with Crippen LogP contribution in [0.1, 0.15) is 6.92 Å². The van der Waals surface area contributed by atoms with Crippen LogP contribution in [0.15, 0.2) is 36.9 Å². The molecule has 3 rings (SSSR count). The second kappa shape index (κ2) is 5.58. The molecule has 0 spiro atoms. The topological polar surface area (TPSA) is 92.8 Å². The third-order valence-electron chi connectivity index (χ3n) is 2.87. The first-order chi connectivity index (χ1) is 10.3. The van der Waals surface area contributed by atoms with Crippen molar-refractivity contribution in [3.8, 4) is 11.1 Å². The standard InChI is InChI=1S/C14H13N5O2/c1-2-21-14(20)19-13-17-11-4-3-9(5-12(11)18-13)10-6-15-8-16-7-10/h3-8H,2H2,1H3,(H2,17,18,19,20). The molecule has 0 aliphatic rings. The number of benzene rings is 1. The van der Waals surface area contributed by atoms with Crippen LogP contribution < -0.4 is 5.32 Å². The number of carbonyl (C=O) groups excluding carboxylic acids is 1. The Morgan fingerprint density at radius 2 is 2.10 bits per heavy atom. The number of ether oxygens (including phenoxy) is 1. The summed E-state index contributed by atoms with van der Waals surface area (Å²) in [7, 11) is 0. The summed E-state index contributed by atoms with van der Waals surface area (Å²) in [6, 6.07) is 5.73. The van der Waals surface area contributed by atoms with E-state index in [-0.39, 0.29) is 0 Å². The van der Waals surface area contributed by atoms with E-state index in [4.69, 9.17) is 4.74 Å². The van der Waals surface area contributed by atoms with Gasteiger partial charge in [-0.25, -0.2) is 19.7 Å². The van der Waals surface area contributed by atoms with Gasteiger partial charge in [0, 0.05) is 18.0 Å². The molecule has 0 unspecified atom stereocenters. The third-order valence-corrected chi connectivity index (χ3v) is 2.87. The number of hydrogen-bond donors (Lipinski definition) is 2. The molecule has 0 atom stereocenters. The van der Waals surface area contributed by atoms with Crippen LogP contribution in [0.5, 0.6) is 0 Å². The van der Waals surface area contributed by atoms with E-state index in [0.29, 0.717) is 12.6 Å². The van der Waals surface area contributed by atoms with Gasteiger partial charge in [0.15, 0.2) is 0 Å². The minimum Gasteiger partial charge on any atom is -0.450 e. The van der Waals surface area contributed by atoms with Crippen molar-refractivity contribution >= 4 is 23.1 Å². The zero-order valence-corrected chi connectivity index (χ0v) is 11.3. The van der Waals surface area contributed by atoms with Gasteiger partial charge in [0.25, 0.3) is 0 Å². The Balaban J connectivity index is 1.90. The smallest absolute Gasteiger partial charge is 0.413 e. The van der Waals surface area contributed by atoms with Gasteiger partial charge in [-0.15, -0.1) is 0 Å². The molecule has 21 heavy (non-hydrogen) atoms. The average molecular weight is 283 g/mol. The molecule has 0 saturated carbocycles. The molecular weight excluding hydrogens is 270 g/mol. The summed E-state index contributed by atoms with van der Waals surface area (Å²) in [5, 5.41) is 2.54. The lowest BCUT2D eigenvalue weighted by molar-refractivity contribution is 0.167. The van der Waals surface area contributed by atoms with E-state index >= 15 is 0 Å². The Morgan fingerprint density at radius 3 is 2.86 bits per heavy atom. The molecule has 0 bridgehead atoms. The maximum absolute atomic E-state index is 11.4. The molecular formula is C14H13N5O2. The molecule has 0 aliphatic carbocycles. The van der Waals surface area contributed by atoms with E-state index in [2.05, 4.69) is 25.3 Å². The first-order valence-corrected chi connectivity index (χ1v) is 6.45. The summed E-state index contributed by atoms with van der Waals surface area (Å²) in [5.41, 5.74) is 3.42. The molecule has 1 aromatic carbocycles. The van der Waals surface area contributed by atoms with Crippen molar-refractivity contribution in [2.45, 2.75) is 6.92 Å². The van der Waals surface area contributed by atoms with Gasteiger partial charge in [-0.1, -0.05) is 6.07 Å². The first-order valence-electron chi connectivity index (χ1n) is 6.45. The lowest BCUT2D eigenvalue weighted by Gasteiger charge is -2.00. The van der Waals surface area contributed by atoms with Crippen LogP contribution in [0.2, 0.25) is 0 Å². The number of carbonyl (C=O) groups is 1. The lowest BCUT2D eigenvalue weighted by atomic mass is 10.1. The van der Waals surface area contributed by atoms with Gasteiger partial charge >= 0.3 is 6.09 Å². The number of imidazole rings is 1. The lowest BCUT2D eigenvalue weighted by Crippen LogP contribution is -2.14. The molecule has 7 nitrogen and oxygen atoms in total. The number of nitrogens with one attached hydrogen (secondary N) is 2. The van der Waals surface area contributed by atoms with Crippen molar-refractivity contribution in [2.75, 3.05) is 11.9 Å². The van der Waals surface area contributed by atoms with E-state index in [1.165, 1.54) is 6.33 Å². The van der Waals surface area contributed by atoms with Crippen molar-refractivity contribution in [1.82, 2.24) is 19.9 Å². The summed E-state index contributed by atoms with van der Waals surface area (Å²) < 4.78 is 4.81. The monoisotopic (exact) mass is 283 g/mol. The van der Waals surface area contributed by atoms with Crippen LogP contribution in [-0.4, -0.2) is 32.6 Å². The summed E-state index contributed by atoms with van der Waals surface area (Å²) in [4.78, 5) is 26.7. The average Bonchev–Trinajstić information content (AvgIpc) is 2.89. The van der Waals surface area contributed by atoms with Crippen molar-refractivity contribution in [1.29, 1.82) is 0 Å². The molecule has 0 saturated heterocycles. The minimum atomic E-state index is -0.534. The van der Waals surface area contributed by atoms with Crippen molar-refractivity contribution < 1.29 is 9.53 Å². The fourth-order valence-corrected chi connectivity index (χ4v) is 1.96. The molecule has 2 N–H and O–H groups in total. The number of fused-ring (bicyclic) bond motifs is 1. The maximum Gasteiger partial charge on any atom is 0.413 e. The van der Waals surface area contributed by atoms with Crippen molar-refractivity contribution in [3.63, 3.8) is 0 Å². The Kier molecular flexibility index (Phi) is 3.46. The highest BCUT2D eigenvalue weighted by Gasteiger charge is 2.08. The van der Waals surface area contributed by atoms with Gasteiger partial charge in [0.2, 0.25) is 5.95 Å². The zero-order chi connectivity index (χ0) is 14.7. The molecule has 106 valence electrons. The first kappa shape index (κ1) is 13.0. The van der Waals surface area contributed by atoms with Gasteiger partial charge in [0.05, 0.1) is 17.6 Å². The van der Waals surface area contributed by atoms with Crippen molar-refractivity contribution in [2.24, 2.45) is 0 Å². The maximum atomic E-state index is 11.4. The highest BCUT2D eigenvalue weighted by molar-refractivity contribution is 5.88. The Labute approximate surface area is 120 Å². The predicted molar refractivity (Wildman–Crippen MR) is 77.8 cm³/mol. The normalized spacial score (nSPS) is 10.5. The number of rotatable bonds is 3. The molecule has 0 fully saturated rings. The molecule has 7 heteroatoms. The van der Waals surface area contributed by atoms with Crippen LogP contribution in [0.3, 0.4) is 0 Å². The van der Waals surface area contributed by atoms with Crippen molar-refractivity contribution in [3.05, 3.63) is 36.9 Å². The number of aromatic amines is 1. The van der Waals surface area contributed by atoms with Gasteiger partial charge in [-0.05, 0) is 24.6 Å². The number of H-pyrrole nitrogens is 1. The quantitative estimate of drug-likeness (QED) is 0.770. The largest absolute Gasteiger partial charge is 0.450 e. The minimum absolute atomic E-state index is 0.310.